The van der Waals surface area contributed by atoms with Crippen molar-refractivity contribution in [3.05, 3.63) is 17.5 Å². The van der Waals surface area contributed by atoms with E-state index in [1.807, 2.05) is 11.6 Å². The molecular weight excluding hydrogens is 206 g/mol. The minimum Gasteiger partial charge on any atom is -0.465 e. The van der Waals surface area contributed by atoms with Crippen molar-refractivity contribution in [3.63, 3.8) is 0 Å². The van der Waals surface area contributed by atoms with Gasteiger partial charge in [0.1, 0.15) is 5.56 Å². The van der Waals surface area contributed by atoms with Crippen molar-refractivity contribution in [2.75, 3.05) is 20.2 Å². The summed E-state index contributed by atoms with van der Waals surface area (Å²) in [4.78, 5) is 11.4. The first-order valence-corrected chi connectivity index (χ1v) is 5.57. The molecule has 0 atom stereocenters. The van der Waals surface area contributed by atoms with Gasteiger partial charge in [0.05, 0.1) is 18.8 Å². The summed E-state index contributed by atoms with van der Waals surface area (Å²) >= 11 is 0. The highest BCUT2D eigenvalue weighted by Crippen LogP contribution is 2.19. The number of carbonyl (C=O) groups excluding carboxylic acids is 1. The van der Waals surface area contributed by atoms with Crippen LogP contribution in [0.25, 0.3) is 0 Å². The molecule has 1 aromatic rings. The van der Waals surface area contributed by atoms with E-state index in [4.69, 9.17) is 4.74 Å². The molecule has 1 fully saturated rings. The third-order valence-electron chi connectivity index (χ3n) is 3.00. The summed E-state index contributed by atoms with van der Waals surface area (Å²) in [6.07, 6.45) is 3.92. The average molecular weight is 223 g/mol. The fourth-order valence-electron chi connectivity index (χ4n) is 2.05. The van der Waals surface area contributed by atoms with E-state index in [1.165, 1.54) is 7.11 Å². The fraction of sp³-hybridized carbons (Fsp3) is 0.636. The molecule has 2 heterocycles. The molecule has 2 rings (SSSR count). The maximum absolute atomic E-state index is 11.4. The van der Waals surface area contributed by atoms with Crippen LogP contribution in [0.5, 0.6) is 0 Å². The summed E-state index contributed by atoms with van der Waals surface area (Å²) in [5.74, 6) is -0.308. The number of hydrogen-bond acceptors (Lipinski definition) is 4. The van der Waals surface area contributed by atoms with Gasteiger partial charge in [-0.3, -0.25) is 4.68 Å². The number of methoxy groups -OCH3 is 1. The van der Waals surface area contributed by atoms with Crippen LogP contribution in [-0.4, -0.2) is 35.9 Å². The highest BCUT2D eigenvalue weighted by molar-refractivity contribution is 5.90. The van der Waals surface area contributed by atoms with Crippen LogP contribution in [0.4, 0.5) is 0 Å². The molecule has 1 aliphatic heterocycles. The third-order valence-corrected chi connectivity index (χ3v) is 3.00. The molecule has 1 saturated heterocycles. The Bertz CT molecular complexity index is 381. The van der Waals surface area contributed by atoms with Crippen LogP contribution in [0.3, 0.4) is 0 Å². The van der Waals surface area contributed by atoms with E-state index in [2.05, 4.69) is 10.4 Å². The number of ether oxygens (including phenoxy) is 1. The van der Waals surface area contributed by atoms with Crippen LogP contribution in [0.2, 0.25) is 0 Å². The van der Waals surface area contributed by atoms with Gasteiger partial charge in [-0.2, -0.15) is 5.10 Å². The molecule has 0 aromatic carbocycles. The predicted octanol–water partition coefficient (Wildman–Crippen LogP) is 0.903. The minimum atomic E-state index is -0.308. The normalized spacial score (nSPS) is 17.4. The molecule has 88 valence electrons. The van der Waals surface area contributed by atoms with E-state index in [0.29, 0.717) is 11.6 Å². The first-order chi connectivity index (χ1) is 7.72. The van der Waals surface area contributed by atoms with E-state index < -0.39 is 0 Å². The molecule has 1 aromatic heterocycles. The number of aryl methyl sites for hydroxylation is 1. The lowest BCUT2D eigenvalue weighted by molar-refractivity contribution is 0.0599. The molecule has 1 aliphatic rings. The van der Waals surface area contributed by atoms with E-state index in [9.17, 15) is 4.79 Å². The Morgan fingerprint density at radius 2 is 2.25 bits per heavy atom. The van der Waals surface area contributed by atoms with E-state index in [0.717, 1.165) is 31.6 Å². The van der Waals surface area contributed by atoms with Crippen molar-refractivity contribution in [2.24, 2.45) is 0 Å². The van der Waals surface area contributed by atoms with Crippen LogP contribution >= 0.6 is 0 Å². The van der Waals surface area contributed by atoms with Gasteiger partial charge in [0.2, 0.25) is 0 Å². The zero-order chi connectivity index (χ0) is 11.5. The van der Waals surface area contributed by atoms with Crippen molar-refractivity contribution >= 4 is 5.97 Å². The highest BCUT2D eigenvalue weighted by Gasteiger charge is 2.19. The van der Waals surface area contributed by atoms with Gasteiger partial charge >= 0.3 is 5.97 Å². The molecule has 0 bridgehead atoms. The first-order valence-electron chi connectivity index (χ1n) is 5.57. The number of esters is 1. The Balaban J connectivity index is 2.19. The zero-order valence-corrected chi connectivity index (χ0v) is 9.69. The summed E-state index contributed by atoms with van der Waals surface area (Å²) in [6.45, 7) is 3.86. The smallest absolute Gasteiger partial charge is 0.341 e. The Hall–Kier alpha value is -1.36. The Morgan fingerprint density at radius 3 is 2.88 bits per heavy atom. The Kier molecular flexibility index (Phi) is 3.24. The lowest BCUT2D eigenvalue weighted by Crippen LogP contribution is -2.29. The van der Waals surface area contributed by atoms with Gasteiger partial charge in [-0.15, -0.1) is 0 Å². The van der Waals surface area contributed by atoms with Gasteiger partial charge in [0.15, 0.2) is 0 Å². The lowest BCUT2D eigenvalue weighted by Gasteiger charge is -2.22. The van der Waals surface area contributed by atoms with E-state index in [-0.39, 0.29) is 5.97 Å². The van der Waals surface area contributed by atoms with Gasteiger partial charge < -0.3 is 10.1 Å². The quantitative estimate of drug-likeness (QED) is 0.757. The summed E-state index contributed by atoms with van der Waals surface area (Å²) in [7, 11) is 1.39. The standard InChI is InChI=1S/C11H17N3O2/c1-8-10(11(15)16-2)7-14(13-8)9-3-5-12-6-4-9/h7,9,12H,3-6H2,1-2H3. The Morgan fingerprint density at radius 1 is 1.56 bits per heavy atom. The second kappa shape index (κ2) is 4.65. The molecule has 0 saturated carbocycles. The molecule has 0 unspecified atom stereocenters. The zero-order valence-electron chi connectivity index (χ0n) is 9.69. The van der Waals surface area contributed by atoms with Gasteiger partial charge in [0, 0.05) is 6.20 Å². The van der Waals surface area contributed by atoms with Crippen molar-refractivity contribution in [2.45, 2.75) is 25.8 Å². The van der Waals surface area contributed by atoms with Gasteiger partial charge in [-0.1, -0.05) is 0 Å². The van der Waals surface area contributed by atoms with Gasteiger partial charge in [0.25, 0.3) is 0 Å². The number of carbonyl (C=O) groups is 1. The second-order valence-electron chi connectivity index (χ2n) is 4.08. The first kappa shape index (κ1) is 11.1. The fourth-order valence-corrected chi connectivity index (χ4v) is 2.05. The number of piperidine rings is 1. The molecule has 0 radical (unpaired) electrons. The van der Waals surface area contributed by atoms with Crippen LogP contribution in [0, 0.1) is 6.92 Å². The number of hydrogen-bond donors (Lipinski definition) is 1. The molecule has 1 N–H and O–H groups in total. The van der Waals surface area contributed by atoms with Crippen molar-refractivity contribution in [1.29, 1.82) is 0 Å². The average Bonchev–Trinajstić information content (AvgIpc) is 2.71. The summed E-state index contributed by atoms with van der Waals surface area (Å²) in [5.41, 5.74) is 1.31. The van der Waals surface area contributed by atoms with Crippen LogP contribution in [-0.2, 0) is 4.74 Å². The number of rotatable bonds is 2. The largest absolute Gasteiger partial charge is 0.465 e. The maximum Gasteiger partial charge on any atom is 0.341 e. The van der Waals surface area contributed by atoms with Crippen LogP contribution in [0.15, 0.2) is 6.20 Å². The topological polar surface area (TPSA) is 56.1 Å². The molecule has 5 nitrogen and oxygen atoms in total. The third kappa shape index (κ3) is 2.09. The molecule has 0 aliphatic carbocycles. The van der Waals surface area contributed by atoms with E-state index >= 15 is 0 Å². The monoisotopic (exact) mass is 223 g/mol. The van der Waals surface area contributed by atoms with Crippen molar-refractivity contribution < 1.29 is 9.53 Å². The summed E-state index contributed by atoms with van der Waals surface area (Å²) < 4.78 is 6.62. The number of nitrogens with one attached hydrogen (secondary N) is 1. The minimum absolute atomic E-state index is 0.308. The molecule has 16 heavy (non-hydrogen) atoms. The van der Waals surface area contributed by atoms with Gasteiger partial charge in [-0.25, -0.2) is 4.79 Å². The molecule has 0 spiro atoms. The summed E-state index contributed by atoms with van der Waals surface area (Å²) in [5, 5.41) is 7.70. The van der Waals surface area contributed by atoms with Gasteiger partial charge in [-0.05, 0) is 32.9 Å². The van der Waals surface area contributed by atoms with E-state index in [1.54, 1.807) is 6.20 Å². The molecule has 0 amide bonds. The Labute approximate surface area is 94.8 Å². The number of aromatic nitrogens is 2. The second-order valence-corrected chi connectivity index (χ2v) is 4.08. The van der Waals surface area contributed by atoms with Crippen molar-refractivity contribution in [1.82, 2.24) is 15.1 Å². The maximum atomic E-state index is 11.4. The van der Waals surface area contributed by atoms with Crippen LogP contribution in [0.1, 0.15) is 34.9 Å². The van der Waals surface area contributed by atoms with Crippen LogP contribution < -0.4 is 5.32 Å². The van der Waals surface area contributed by atoms with Crippen molar-refractivity contribution in [3.8, 4) is 0 Å². The summed E-state index contributed by atoms with van der Waals surface area (Å²) in [6, 6.07) is 0.401. The molecule has 5 heteroatoms. The number of nitrogens with zero attached hydrogens (tertiary/aromatic N) is 2. The SMILES string of the molecule is COC(=O)c1cn(C2CCNCC2)nc1C. The highest BCUT2D eigenvalue weighted by atomic mass is 16.5. The predicted molar refractivity (Wildman–Crippen MR) is 59.4 cm³/mol. The lowest BCUT2D eigenvalue weighted by atomic mass is 10.1. The molecular formula is C11H17N3O2.